The van der Waals surface area contributed by atoms with Crippen LogP contribution in [0.2, 0.25) is 0 Å². The summed E-state index contributed by atoms with van der Waals surface area (Å²) < 4.78 is 4.06. The summed E-state index contributed by atoms with van der Waals surface area (Å²) in [5.74, 6) is 1.06. The molecule has 1 atom stereocenters. The number of fused-ring (bicyclic) bond motifs is 6. The molecule has 0 fully saturated rings. The largest absolute Gasteiger partial charge is 0.321 e. The van der Waals surface area contributed by atoms with E-state index in [1.165, 1.54) is 0 Å². The second-order valence-electron chi connectivity index (χ2n) is 5.63. The summed E-state index contributed by atoms with van der Waals surface area (Å²) in [6.07, 6.45) is 3.63. The lowest BCUT2D eigenvalue weighted by Gasteiger charge is -2.14. The maximum Gasteiger partial charge on any atom is 0.171 e. The molecule has 4 rings (SSSR count). The molecule has 0 spiro atoms. The fraction of sp³-hybridized carbons (Fsp3) is 0.267. The zero-order chi connectivity index (χ0) is 14.6. The molecule has 21 heavy (non-hydrogen) atoms. The Kier molecular flexibility index (Phi) is 2.49. The molecular formula is C15H16N6. The number of hydrogen-bond acceptors (Lipinski definition) is 4. The number of rotatable bonds is 2. The quantitative estimate of drug-likeness (QED) is 0.611. The van der Waals surface area contributed by atoms with Crippen molar-refractivity contribution in [2.45, 2.75) is 19.9 Å². The minimum atomic E-state index is -0.167. The molecule has 106 valence electrons. The summed E-state index contributed by atoms with van der Waals surface area (Å²) in [5, 5.41) is 9.75. The SMILES string of the molecule is CC(C)C(N)c1nnc2c3ccccc3n3cncc3n12. The molecule has 0 radical (unpaired) electrons. The molecule has 0 saturated carbocycles. The van der Waals surface area contributed by atoms with Gasteiger partial charge in [-0.1, -0.05) is 26.0 Å². The Balaban J connectivity index is 2.23. The summed E-state index contributed by atoms with van der Waals surface area (Å²) in [6.45, 7) is 4.17. The second-order valence-corrected chi connectivity index (χ2v) is 5.63. The Bertz CT molecular complexity index is 949. The van der Waals surface area contributed by atoms with Gasteiger partial charge >= 0.3 is 0 Å². The van der Waals surface area contributed by atoms with Gasteiger partial charge in [-0.25, -0.2) is 4.98 Å². The molecular weight excluding hydrogens is 264 g/mol. The van der Waals surface area contributed by atoms with Crippen molar-refractivity contribution in [2.24, 2.45) is 11.7 Å². The predicted molar refractivity (Wildman–Crippen MR) is 81.0 cm³/mol. The topological polar surface area (TPSA) is 73.5 Å². The molecule has 1 unspecified atom stereocenters. The first-order chi connectivity index (χ1) is 10.2. The first kappa shape index (κ1) is 12.3. The van der Waals surface area contributed by atoms with Crippen LogP contribution in [0.4, 0.5) is 0 Å². The van der Waals surface area contributed by atoms with Crippen LogP contribution in [0, 0.1) is 5.92 Å². The maximum absolute atomic E-state index is 6.30. The molecule has 6 nitrogen and oxygen atoms in total. The predicted octanol–water partition coefficient (Wildman–Crippen LogP) is 2.19. The summed E-state index contributed by atoms with van der Waals surface area (Å²) in [4.78, 5) is 4.27. The van der Waals surface area contributed by atoms with E-state index < -0.39 is 0 Å². The fourth-order valence-corrected chi connectivity index (χ4v) is 2.72. The molecule has 2 N–H and O–H groups in total. The van der Waals surface area contributed by atoms with Crippen LogP contribution in [-0.4, -0.2) is 24.0 Å². The van der Waals surface area contributed by atoms with E-state index in [1.807, 2.05) is 39.5 Å². The lowest BCUT2D eigenvalue weighted by Crippen LogP contribution is -2.20. The lowest BCUT2D eigenvalue weighted by atomic mass is 10.1. The number of hydrogen-bond donors (Lipinski definition) is 1. The average Bonchev–Trinajstić information content (AvgIpc) is 3.13. The van der Waals surface area contributed by atoms with Gasteiger partial charge in [0.25, 0.3) is 0 Å². The van der Waals surface area contributed by atoms with E-state index in [0.717, 1.165) is 28.0 Å². The van der Waals surface area contributed by atoms with Crippen LogP contribution in [0.15, 0.2) is 36.8 Å². The smallest absolute Gasteiger partial charge is 0.171 e. The Labute approximate surface area is 121 Å². The molecule has 1 aromatic carbocycles. The zero-order valence-electron chi connectivity index (χ0n) is 11.9. The number of para-hydroxylation sites is 1. The van der Waals surface area contributed by atoms with E-state index >= 15 is 0 Å². The van der Waals surface area contributed by atoms with Crippen molar-refractivity contribution < 1.29 is 0 Å². The van der Waals surface area contributed by atoms with E-state index in [2.05, 4.69) is 35.1 Å². The van der Waals surface area contributed by atoms with Crippen molar-refractivity contribution in [3.63, 3.8) is 0 Å². The number of benzene rings is 1. The van der Waals surface area contributed by atoms with Crippen molar-refractivity contribution >= 4 is 22.2 Å². The Morgan fingerprint density at radius 3 is 2.76 bits per heavy atom. The van der Waals surface area contributed by atoms with Gasteiger partial charge in [0.05, 0.1) is 17.8 Å². The number of aromatic nitrogens is 5. The summed E-state index contributed by atoms with van der Waals surface area (Å²) in [6, 6.07) is 7.95. The summed E-state index contributed by atoms with van der Waals surface area (Å²) in [5.41, 5.74) is 9.12. The summed E-state index contributed by atoms with van der Waals surface area (Å²) >= 11 is 0. The van der Waals surface area contributed by atoms with Gasteiger partial charge < -0.3 is 5.73 Å². The highest BCUT2D eigenvalue weighted by Gasteiger charge is 2.21. The molecule has 0 aliphatic rings. The highest BCUT2D eigenvalue weighted by atomic mass is 15.3. The maximum atomic E-state index is 6.30. The van der Waals surface area contributed by atoms with Crippen molar-refractivity contribution in [1.29, 1.82) is 0 Å². The van der Waals surface area contributed by atoms with Crippen molar-refractivity contribution in [3.8, 4) is 0 Å². The van der Waals surface area contributed by atoms with Gasteiger partial charge in [0.15, 0.2) is 11.5 Å². The number of imidazole rings is 1. The third kappa shape index (κ3) is 1.59. The van der Waals surface area contributed by atoms with Crippen molar-refractivity contribution in [2.75, 3.05) is 0 Å². The van der Waals surface area contributed by atoms with Gasteiger partial charge in [-0.3, -0.25) is 8.80 Å². The van der Waals surface area contributed by atoms with Gasteiger partial charge in [0.1, 0.15) is 12.0 Å². The highest BCUT2D eigenvalue weighted by molar-refractivity contribution is 5.93. The lowest BCUT2D eigenvalue weighted by molar-refractivity contribution is 0.487. The fourth-order valence-electron chi connectivity index (χ4n) is 2.72. The minimum absolute atomic E-state index is 0.167. The third-order valence-electron chi connectivity index (χ3n) is 3.96. The van der Waals surface area contributed by atoms with Crippen LogP contribution in [0.25, 0.3) is 22.2 Å². The van der Waals surface area contributed by atoms with Crippen molar-refractivity contribution in [3.05, 3.63) is 42.6 Å². The van der Waals surface area contributed by atoms with Crippen molar-refractivity contribution in [1.82, 2.24) is 24.0 Å². The molecule has 0 aliphatic carbocycles. The van der Waals surface area contributed by atoms with Gasteiger partial charge in [0.2, 0.25) is 0 Å². The van der Waals surface area contributed by atoms with Crippen LogP contribution < -0.4 is 5.73 Å². The van der Waals surface area contributed by atoms with Crippen LogP contribution in [0.1, 0.15) is 25.7 Å². The molecule has 4 aromatic rings. The van der Waals surface area contributed by atoms with Crippen LogP contribution in [-0.2, 0) is 0 Å². The van der Waals surface area contributed by atoms with Crippen LogP contribution in [0.3, 0.4) is 0 Å². The average molecular weight is 280 g/mol. The van der Waals surface area contributed by atoms with Gasteiger partial charge in [-0.15, -0.1) is 10.2 Å². The number of nitrogens with zero attached hydrogens (tertiary/aromatic N) is 5. The first-order valence-electron chi connectivity index (χ1n) is 7.02. The van der Waals surface area contributed by atoms with E-state index in [1.54, 1.807) is 0 Å². The number of nitrogens with two attached hydrogens (primary N) is 1. The van der Waals surface area contributed by atoms with Gasteiger partial charge in [-0.05, 0) is 18.1 Å². The third-order valence-corrected chi connectivity index (χ3v) is 3.96. The monoisotopic (exact) mass is 280 g/mol. The van der Waals surface area contributed by atoms with E-state index in [0.29, 0.717) is 0 Å². The normalized spacial score (nSPS) is 13.7. The summed E-state index contributed by atoms with van der Waals surface area (Å²) in [7, 11) is 0. The van der Waals surface area contributed by atoms with E-state index in [4.69, 9.17) is 5.73 Å². The minimum Gasteiger partial charge on any atom is -0.321 e. The van der Waals surface area contributed by atoms with Crippen LogP contribution >= 0.6 is 0 Å². The molecule has 0 aliphatic heterocycles. The molecule has 0 bridgehead atoms. The Morgan fingerprint density at radius 2 is 1.95 bits per heavy atom. The van der Waals surface area contributed by atoms with E-state index in [-0.39, 0.29) is 12.0 Å². The first-order valence-corrected chi connectivity index (χ1v) is 7.02. The molecule has 3 aromatic heterocycles. The molecule has 3 heterocycles. The molecule has 0 saturated heterocycles. The second kappa shape index (κ2) is 4.26. The molecule has 6 heteroatoms. The Morgan fingerprint density at radius 1 is 1.14 bits per heavy atom. The standard InChI is InChI=1S/C15H16N6/c1-9(2)13(16)15-19-18-14-10-5-3-4-6-11(10)20-8-17-7-12(20)21(14)15/h3-9,13H,16H2,1-2H3. The molecule has 0 amide bonds. The van der Waals surface area contributed by atoms with E-state index in [9.17, 15) is 0 Å². The Hall–Kier alpha value is -2.47. The van der Waals surface area contributed by atoms with Gasteiger partial charge in [-0.2, -0.15) is 0 Å². The van der Waals surface area contributed by atoms with Crippen LogP contribution in [0.5, 0.6) is 0 Å². The highest BCUT2D eigenvalue weighted by Crippen LogP contribution is 2.26. The zero-order valence-corrected chi connectivity index (χ0v) is 11.9. The van der Waals surface area contributed by atoms with Gasteiger partial charge in [0, 0.05) is 5.39 Å².